The zero-order valence-corrected chi connectivity index (χ0v) is 17.2. The Morgan fingerprint density at radius 3 is 2.82 bits per heavy atom. The second kappa shape index (κ2) is 9.79. The van der Waals surface area contributed by atoms with Gasteiger partial charge in [-0.25, -0.2) is 9.78 Å². The lowest BCUT2D eigenvalue weighted by atomic mass is 10.1. The summed E-state index contributed by atoms with van der Waals surface area (Å²) in [5, 5.41) is 12.1. The molecule has 7 nitrogen and oxygen atoms in total. The number of aliphatic carboxylic acids is 1. The topological polar surface area (TPSA) is 91.8 Å². The van der Waals surface area contributed by atoms with Gasteiger partial charge in [0.25, 0.3) is 0 Å². The summed E-state index contributed by atoms with van der Waals surface area (Å²) in [6, 6.07) is 7.22. The first-order chi connectivity index (χ1) is 13.6. The molecule has 2 amide bonds. The second-order valence-corrected chi connectivity index (χ2v) is 8.84. The van der Waals surface area contributed by atoms with Gasteiger partial charge in [-0.05, 0) is 30.9 Å². The zero-order chi connectivity index (χ0) is 19.9. The van der Waals surface area contributed by atoms with Crippen molar-refractivity contribution in [1.82, 2.24) is 4.98 Å². The number of amides is 2. The van der Waals surface area contributed by atoms with Crippen molar-refractivity contribution in [3.05, 3.63) is 30.5 Å². The molecule has 0 atom stereocenters. The first-order valence-corrected chi connectivity index (χ1v) is 10.9. The lowest BCUT2D eigenvalue weighted by Gasteiger charge is -2.27. The molecule has 0 radical (unpaired) electrons. The van der Waals surface area contributed by atoms with E-state index in [2.05, 4.69) is 10.3 Å². The number of methoxy groups -OCH3 is 1. The van der Waals surface area contributed by atoms with Gasteiger partial charge in [0.1, 0.15) is 5.75 Å². The zero-order valence-electron chi connectivity index (χ0n) is 15.6. The number of hydrogen-bond donors (Lipinski definition) is 2. The van der Waals surface area contributed by atoms with Gasteiger partial charge in [0.15, 0.2) is 5.13 Å². The normalized spacial score (nSPS) is 14.0. The summed E-state index contributed by atoms with van der Waals surface area (Å²) in [5.41, 5.74) is 0.728. The van der Waals surface area contributed by atoms with E-state index in [1.54, 1.807) is 18.2 Å². The smallest absolute Gasteiger partial charge is 0.328 e. The van der Waals surface area contributed by atoms with Crippen molar-refractivity contribution in [2.24, 2.45) is 5.92 Å². The van der Waals surface area contributed by atoms with Gasteiger partial charge in [-0.2, -0.15) is 0 Å². The number of thioether (sulfide) groups is 1. The number of hydrogen-bond acceptors (Lipinski definition) is 6. The molecule has 1 heterocycles. The van der Waals surface area contributed by atoms with Gasteiger partial charge >= 0.3 is 12.0 Å². The van der Waals surface area contributed by atoms with Crippen LogP contribution in [-0.2, 0) is 4.79 Å². The van der Waals surface area contributed by atoms with Crippen LogP contribution >= 0.6 is 23.1 Å². The van der Waals surface area contributed by atoms with Gasteiger partial charge in [0.2, 0.25) is 0 Å². The van der Waals surface area contributed by atoms with E-state index < -0.39 is 5.97 Å². The molecule has 0 saturated heterocycles. The number of ether oxygens (including phenoxy) is 1. The van der Waals surface area contributed by atoms with Crippen LogP contribution < -0.4 is 15.0 Å². The summed E-state index contributed by atoms with van der Waals surface area (Å²) in [4.78, 5) is 29.7. The average molecular weight is 422 g/mol. The number of nitrogens with one attached hydrogen (secondary N) is 1. The van der Waals surface area contributed by atoms with Crippen LogP contribution in [-0.4, -0.2) is 41.5 Å². The molecule has 9 heteroatoms. The van der Waals surface area contributed by atoms with E-state index in [1.165, 1.54) is 35.9 Å². The van der Waals surface area contributed by atoms with E-state index in [1.807, 2.05) is 24.3 Å². The van der Waals surface area contributed by atoms with Crippen LogP contribution in [0.5, 0.6) is 5.75 Å². The van der Waals surface area contributed by atoms with Gasteiger partial charge in [0.05, 0.1) is 29.0 Å². The van der Waals surface area contributed by atoms with E-state index >= 15 is 0 Å². The van der Waals surface area contributed by atoms with Gasteiger partial charge in [0, 0.05) is 6.54 Å². The molecular weight excluding hydrogens is 398 g/mol. The molecule has 2 N–H and O–H groups in total. The standard InChI is InChI=1S/C19H23N3O4S2/c1-26-15-9-5-4-8-14(15)22(11-13-6-2-3-7-13)19(25)21-18-20-10-17(28-18)27-12-16(23)24/h4-5,8-10,13H,2-3,6-7,11-12H2,1H3,(H,23,24)(H,20,21,25). The number of benzene rings is 1. The Morgan fingerprint density at radius 2 is 2.11 bits per heavy atom. The third-order valence-corrected chi connectivity index (χ3v) is 6.67. The first kappa shape index (κ1) is 20.5. The number of nitrogens with zero attached hydrogens (tertiary/aromatic N) is 2. The Balaban J connectivity index is 1.75. The van der Waals surface area contributed by atoms with Crippen molar-refractivity contribution in [3.63, 3.8) is 0 Å². The highest BCUT2D eigenvalue weighted by molar-refractivity contribution is 8.01. The summed E-state index contributed by atoms with van der Waals surface area (Å²) < 4.78 is 6.20. The molecule has 2 aromatic rings. The van der Waals surface area contributed by atoms with Crippen LogP contribution in [0.25, 0.3) is 0 Å². The van der Waals surface area contributed by atoms with Crippen molar-refractivity contribution in [1.29, 1.82) is 0 Å². The number of anilines is 2. The maximum Gasteiger partial charge on any atom is 0.328 e. The van der Waals surface area contributed by atoms with E-state index in [0.29, 0.717) is 23.3 Å². The summed E-state index contributed by atoms with van der Waals surface area (Å²) in [6.45, 7) is 0.623. The fraction of sp³-hybridized carbons (Fsp3) is 0.421. The number of carbonyl (C=O) groups excluding carboxylic acids is 1. The molecule has 0 spiro atoms. The molecule has 1 aliphatic rings. The third kappa shape index (κ3) is 5.39. The predicted octanol–water partition coefficient (Wildman–Crippen LogP) is 4.56. The minimum Gasteiger partial charge on any atom is -0.495 e. The molecule has 1 aromatic heterocycles. The van der Waals surface area contributed by atoms with E-state index in [0.717, 1.165) is 22.7 Å². The maximum absolute atomic E-state index is 13.1. The molecule has 1 aromatic carbocycles. The molecule has 0 aliphatic heterocycles. The minimum absolute atomic E-state index is 0.0371. The van der Waals surface area contributed by atoms with Gasteiger partial charge in [-0.1, -0.05) is 36.3 Å². The fourth-order valence-electron chi connectivity index (χ4n) is 3.27. The van der Waals surface area contributed by atoms with Gasteiger partial charge in [-0.15, -0.1) is 11.8 Å². The van der Waals surface area contributed by atoms with Crippen LogP contribution in [0.15, 0.2) is 34.7 Å². The molecular formula is C19H23N3O4S2. The summed E-state index contributed by atoms with van der Waals surface area (Å²) >= 11 is 2.45. The Kier molecular flexibility index (Phi) is 7.16. The highest BCUT2D eigenvalue weighted by atomic mass is 32.2. The van der Waals surface area contributed by atoms with Gasteiger partial charge in [-0.3, -0.25) is 15.0 Å². The largest absolute Gasteiger partial charge is 0.495 e. The number of urea groups is 1. The highest BCUT2D eigenvalue weighted by Crippen LogP contribution is 2.33. The molecule has 28 heavy (non-hydrogen) atoms. The number of carboxylic acid groups (broad SMARTS) is 1. The van der Waals surface area contributed by atoms with E-state index in [4.69, 9.17) is 9.84 Å². The molecule has 3 rings (SSSR count). The van der Waals surface area contributed by atoms with E-state index in [9.17, 15) is 9.59 Å². The maximum atomic E-state index is 13.1. The van der Waals surface area contributed by atoms with Crippen molar-refractivity contribution >= 4 is 45.9 Å². The Morgan fingerprint density at radius 1 is 1.36 bits per heavy atom. The van der Waals surface area contributed by atoms with Crippen LogP contribution in [0.1, 0.15) is 25.7 Å². The Labute approximate surface area is 172 Å². The van der Waals surface area contributed by atoms with Crippen molar-refractivity contribution in [3.8, 4) is 5.75 Å². The second-order valence-electron chi connectivity index (χ2n) is 6.53. The lowest BCUT2D eigenvalue weighted by molar-refractivity contribution is -0.133. The lowest BCUT2D eigenvalue weighted by Crippen LogP contribution is -2.38. The van der Waals surface area contributed by atoms with Crippen molar-refractivity contribution in [2.45, 2.75) is 29.9 Å². The summed E-state index contributed by atoms with van der Waals surface area (Å²) in [5.74, 6) is 0.189. The third-order valence-electron chi connectivity index (χ3n) is 4.57. The number of aromatic nitrogens is 1. The summed E-state index contributed by atoms with van der Waals surface area (Å²) in [7, 11) is 1.59. The van der Waals surface area contributed by atoms with Gasteiger partial charge < -0.3 is 9.84 Å². The number of para-hydroxylation sites is 2. The number of carbonyl (C=O) groups is 2. The SMILES string of the molecule is COc1ccccc1N(CC1CCCC1)C(=O)Nc1ncc(SCC(=O)O)s1. The van der Waals surface area contributed by atoms with Crippen LogP contribution in [0.2, 0.25) is 0 Å². The first-order valence-electron chi connectivity index (χ1n) is 9.08. The van der Waals surface area contributed by atoms with Crippen LogP contribution in [0, 0.1) is 5.92 Å². The average Bonchev–Trinajstić information content (AvgIpc) is 3.36. The Bertz CT molecular complexity index is 821. The van der Waals surface area contributed by atoms with Crippen LogP contribution in [0.4, 0.5) is 15.6 Å². The molecule has 0 bridgehead atoms. The van der Waals surface area contributed by atoms with Crippen molar-refractivity contribution in [2.75, 3.05) is 29.6 Å². The molecule has 0 unspecified atom stereocenters. The van der Waals surface area contributed by atoms with Crippen molar-refractivity contribution < 1.29 is 19.4 Å². The molecule has 150 valence electrons. The number of thiazole rings is 1. The molecule has 1 fully saturated rings. The number of carboxylic acids is 1. The minimum atomic E-state index is -0.886. The van der Waals surface area contributed by atoms with Crippen LogP contribution in [0.3, 0.4) is 0 Å². The Hall–Kier alpha value is -2.26. The fourth-order valence-corrected chi connectivity index (χ4v) is 4.85. The summed E-state index contributed by atoms with van der Waals surface area (Å²) in [6.07, 6.45) is 6.21. The molecule has 1 saturated carbocycles. The monoisotopic (exact) mass is 421 g/mol. The highest BCUT2D eigenvalue weighted by Gasteiger charge is 2.26. The quantitative estimate of drug-likeness (QED) is 0.607. The molecule has 1 aliphatic carbocycles. The number of rotatable bonds is 8. The van der Waals surface area contributed by atoms with E-state index in [-0.39, 0.29) is 11.8 Å². The predicted molar refractivity (Wildman–Crippen MR) is 112 cm³/mol.